The van der Waals surface area contributed by atoms with E-state index in [0.717, 1.165) is 28.0 Å². The number of H-pyrrole nitrogens is 1. The molecule has 2 heterocycles. The summed E-state index contributed by atoms with van der Waals surface area (Å²) >= 11 is 0. The molecule has 27 heavy (non-hydrogen) atoms. The van der Waals surface area contributed by atoms with E-state index in [0.29, 0.717) is 24.3 Å². The smallest absolute Gasteiger partial charge is 0.355 e. The first-order valence-electron chi connectivity index (χ1n) is 9.09. The number of ether oxygens (including phenoxy) is 2. The molecular weight excluding hydrogens is 342 g/mol. The second kappa shape index (κ2) is 7.06. The standard InChI is InChI=1S/C22H25NO4/c1-13-14(2)20(21(25)27-22(3,4)5)23-19(13)18(15-9-7-6-8-10-15)16-11-12-17(24)26-16/h6-10,23H,11-12H2,1-5H3/b18-16+. The Balaban J connectivity index is 2.13. The molecule has 1 aliphatic heterocycles. The quantitative estimate of drug-likeness (QED) is 0.800. The van der Waals surface area contributed by atoms with Gasteiger partial charge in [0.25, 0.3) is 0 Å². The fourth-order valence-corrected chi connectivity index (χ4v) is 3.15. The molecule has 2 aromatic rings. The van der Waals surface area contributed by atoms with E-state index in [-0.39, 0.29) is 5.97 Å². The monoisotopic (exact) mass is 367 g/mol. The van der Waals surface area contributed by atoms with Gasteiger partial charge in [0.15, 0.2) is 0 Å². The van der Waals surface area contributed by atoms with Crippen LogP contribution in [-0.2, 0) is 14.3 Å². The first-order valence-corrected chi connectivity index (χ1v) is 9.09. The summed E-state index contributed by atoms with van der Waals surface area (Å²) in [6.45, 7) is 9.36. The van der Waals surface area contributed by atoms with Crippen molar-refractivity contribution in [2.24, 2.45) is 0 Å². The lowest BCUT2D eigenvalue weighted by molar-refractivity contribution is -0.135. The summed E-state index contributed by atoms with van der Waals surface area (Å²) in [5, 5.41) is 0. The molecule has 0 atom stereocenters. The van der Waals surface area contributed by atoms with Crippen LogP contribution in [0.1, 0.15) is 66.5 Å². The van der Waals surface area contributed by atoms with Crippen LogP contribution in [0, 0.1) is 13.8 Å². The number of hydrogen-bond donors (Lipinski definition) is 1. The maximum absolute atomic E-state index is 12.6. The molecule has 1 aromatic carbocycles. The van der Waals surface area contributed by atoms with Gasteiger partial charge in [0.05, 0.1) is 12.1 Å². The van der Waals surface area contributed by atoms with Crippen LogP contribution in [-0.4, -0.2) is 22.5 Å². The zero-order chi connectivity index (χ0) is 19.8. The number of aromatic amines is 1. The molecule has 1 fully saturated rings. The van der Waals surface area contributed by atoms with Gasteiger partial charge in [-0.15, -0.1) is 0 Å². The van der Waals surface area contributed by atoms with Crippen LogP contribution in [0.15, 0.2) is 36.1 Å². The molecule has 0 bridgehead atoms. The van der Waals surface area contributed by atoms with Crippen molar-refractivity contribution in [3.63, 3.8) is 0 Å². The number of carbonyl (C=O) groups is 2. The van der Waals surface area contributed by atoms with E-state index >= 15 is 0 Å². The molecule has 1 N–H and O–H groups in total. The zero-order valence-corrected chi connectivity index (χ0v) is 16.4. The van der Waals surface area contributed by atoms with Crippen LogP contribution in [0.25, 0.3) is 5.57 Å². The van der Waals surface area contributed by atoms with Crippen LogP contribution < -0.4 is 0 Å². The topological polar surface area (TPSA) is 68.4 Å². The summed E-state index contributed by atoms with van der Waals surface area (Å²) in [6.07, 6.45) is 0.908. The zero-order valence-electron chi connectivity index (χ0n) is 16.4. The normalized spacial score (nSPS) is 16.3. The molecule has 0 amide bonds. The van der Waals surface area contributed by atoms with E-state index in [1.165, 1.54) is 0 Å². The van der Waals surface area contributed by atoms with Crippen molar-refractivity contribution < 1.29 is 19.1 Å². The largest absolute Gasteiger partial charge is 0.455 e. The number of hydrogen-bond acceptors (Lipinski definition) is 4. The van der Waals surface area contributed by atoms with Crippen LogP contribution >= 0.6 is 0 Å². The molecule has 1 aromatic heterocycles. The number of rotatable bonds is 3. The third kappa shape index (κ3) is 3.97. The van der Waals surface area contributed by atoms with E-state index in [4.69, 9.17) is 9.47 Å². The number of allylic oxidation sites excluding steroid dienone is 1. The summed E-state index contributed by atoms with van der Waals surface area (Å²) in [5.41, 5.74) is 4.15. The van der Waals surface area contributed by atoms with Gasteiger partial charge in [-0.3, -0.25) is 4.79 Å². The van der Waals surface area contributed by atoms with Crippen LogP contribution in [0.5, 0.6) is 0 Å². The van der Waals surface area contributed by atoms with Crippen molar-refractivity contribution in [2.45, 2.75) is 53.1 Å². The number of cyclic esters (lactones) is 1. The van der Waals surface area contributed by atoms with Gasteiger partial charge >= 0.3 is 11.9 Å². The molecule has 0 saturated carbocycles. The molecule has 0 radical (unpaired) electrons. The Morgan fingerprint density at radius 3 is 2.22 bits per heavy atom. The fourth-order valence-electron chi connectivity index (χ4n) is 3.15. The number of nitrogens with one attached hydrogen (secondary N) is 1. The molecular formula is C22H25NO4. The van der Waals surface area contributed by atoms with Crippen molar-refractivity contribution in [1.82, 2.24) is 4.98 Å². The number of aromatic nitrogens is 1. The van der Waals surface area contributed by atoms with Crippen molar-refractivity contribution in [1.29, 1.82) is 0 Å². The fraction of sp³-hybridized carbons (Fsp3) is 0.364. The summed E-state index contributed by atoms with van der Waals surface area (Å²) < 4.78 is 11.0. The average molecular weight is 367 g/mol. The molecule has 5 heteroatoms. The van der Waals surface area contributed by atoms with Gasteiger partial charge in [0.1, 0.15) is 17.1 Å². The van der Waals surface area contributed by atoms with E-state index in [1.54, 1.807) is 0 Å². The number of carbonyl (C=O) groups excluding carboxylic acids is 2. The molecule has 1 aliphatic rings. The number of esters is 2. The Labute approximate surface area is 159 Å². The van der Waals surface area contributed by atoms with Crippen LogP contribution in [0.3, 0.4) is 0 Å². The lowest BCUT2D eigenvalue weighted by Crippen LogP contribution is -2.24. The Bertz CT molecular complexity index is 914. The molecule has 0 unspecified atom stereocenters. The molecule has 5 nitrogen and oxygen atoms in total. The van der Waals surface area contributed by atoms with Gasteiger partial charge in [0, 0.05) is 12.0 Å². The van der Waals surface area contributed by atoms with Gasteiger partial charge in [-0.25, -0.2) is 4.79 Å². The predicted molar refractivity (Wildman–Crippen MR) is 103 cm³/mol. The minimum Gasteiger partial charge on any atom is -0.455 e. The van der Waals surface area contributed by atoms with Crippen LogP contribution in [0.4, 0.5) is 0 Å². The Morgan fingerprint density at radius 2 is 1.67 bits per heavy atom. The summed E-state index contributed by atoms with van der Waals surface area (Å²) in [5.74, 6) is 0.00759. The molecule has 0 aliphatic carbocycles. The van der Waals surface area contributed by atoms with Gasteiger partial charge < -0.3 is 14.5 Å². The van der Waals surface area contributed by atoms with E-state index in [2.05, 4.69) is 4.98 Å². The SMILES string of the molecule is Cc1c(C(=O)OC(C)(C)C)[nH]c(/C(=C2\CCC(=O)O2)c2ccccc2)c1C. The van der Waals surface area contributed by atoms with Crippen LogP contribution in [0.2, 0.25) is 0 Å². The van der Waals surface area contributed by atoms with Gasteiger partial charge in [-0.05, 0) is 51.3 Å². The first kappa shape index (κ1) is 19.0. The Hall–Kier alpha value is -2.82. The second-order valence-electron chi connectivity index (χ2n) is 7.77. The van der Waals surface area contributed by atoms with E-state index in [9.17, 15) is 9.59 Å². The predicted octanol–water partition coefficient (Wildman–Crippen LogP) is 4.68. The second-order valence-corrected chi connectivity index (χ2v) is 7.77. The maximum Gasteiger partial charge on any atom is 0.355 e. The van der Waals surface area contributed by atoms with Gasteiger partial charge in [-0.1, -0.05) is 30.3 Å². The van der Waals surface area contributed by atoms with Gasteiger partial charge in [0.2, 0.25) is 0 Å². The third-order valence-corrected chi connectivity index (χ3v) is 4.55. The Morgan fingerprint density at radius 1 is 1.04 bits per heavy atom. The highest BCUT2D eigenvalue weighted by atomic mass is 16.6. The lowest BCUT2D eigenvalue weighted by atomic mass is 9.97. The minimum atomic E-state index is -0.579. The number of benzene rings is 1. The minimum absolute atomic E-state index is 0.230. The average Bonchev–Trinajstić information content (AvgIpc) is 3.13. The molecule has 1 saturated heterocycles. The maximum atomic E-state index is 12.6. The highest BCUT2D eigenvalue weighted by Gasteiger charge is 2.28. The van der Waals surface area contributed by atoms with Gasteiger partial charge in [-0.2, -0.15) is 0 Å². The lowest BCUT2D eigenvalue weighted by Gasteiger charge is -2.19. The summed E-state index contributed by atoms with van der Waals surface area (Å²) in [6, 6.07) is 9.75. The molecule has 3 rings (SSSR count). The van der Waals surface area contributed by atoms with Crippen molar-refractivity contribution in [3.8, 4) is 0 Å². The third-order valence-electron chi connectivity index (χ3n) is 4.55. The Kier molecular flexibility index (Phi) is 4.96. The summed E-state index contributed by atoms with van der Waals surface area (Å²) in [7, 11) is 0. The molecule has 142 valence electrons. The van der Waals surface area contributed by atoms with Crippen molar-refractivity contribution in [2.75, 3.05) is 0 Å². The molecule has 0 spiro atoms. The highest BCUT2D eigenvalue weighted by molar-refractivity contribution is 5.93. The van der Waals surface area contributed by atoms with E-state index in [1.807, 2.05) is 65.0 Å². The van der Waals surface area contributed by atoms with Crippen molar-refractivity contribution >= 4 is 17.5 Å². The summed E-state index contributed by atoms with van der Waals surface area (Å²) in [4.78, 5) is 27.6. The van der Waals surface area contributed by atoms with Crippen molar-refractivity contribution in [3.05, 3.63) is 64.2 Å². The van der Waals surface area contributed by atoms with E-state index < -0.39 is 11.6 Å². The first-order chi connectivity index (χ1) is 12.7. The highest BCUT2D eigenvalue weighted by Crippen LogP contribution is 2.36.